The third kappa shape index (κ3) is 17.5. The second-order valence-electron chi connectivity index (χ2n) is 26.2. The Labute approximate surface area is 560 Å². The average molecular weight is 1360 g/mol. The minimum absolute atomic E-state index is 0.0209. The lowest BCUT2D eigenvalue weighted by atomic mass is 9.93. The fourth-order valence-corrected chi connectivity index (χ4v) is 12.4. The number of amides is 5. The lowest BCUT2D eigenvalue weighted by Gasteiger charge is -2.40. The molecule has 0 radical (unpaired) electrons. The van der Waals surface area contributed by atoms with E-state index in [1.807, 2.05) is 36.4 Å². The van der Waals surface area contributed by atoms with Crippen LogP contribution in [0.5, 0.6) is 0 Å². The van der Waals surface area contributed by atoms with Gasteiger partial charge >= 0.3 is 30.6 Å². The van der Waals surface area contributed by atoms with E-state index < -0.39 is 103 Å². The predicted octanol–water partition coefficient (Wildman–Crippen LogP) is 12.8. The van der Waals surface area contributed by atoms with Crippen LogP contribution < -0.4 is 42.1 Å². The second kappa shape index (κ2) is 28.9. The molecule has 4 atom stereocenters. The van der Waals surface area contributed by atoms with Crippen molar-refractivity contribution in [2.24, 2.45) is 11.8 Å². The summed E-state index contributed by atoms with van der Waals surface area (Å²) in [5.41, 5.74) is 10.4. The molecule has 0 aliphatic carbocycles. The number of alkyl carbamates (subject to hydrolysis) is 2. The zero-order chi connectivity index (χ0) is 69.7. The quantitative estimate of drug-likeness (QED) is 0.0387. The van der Waals surface area contributed by atoms with Gasteiger partial charge in [0.2, 0.25) is 0 Å². The maximum Gasteiger partial charge on any atom is 0.412 e. The van der Waals surface area contributed by atoms with E-state index in [0.717, 1.165) is 22.3 Å². The van der Waals surface area contributed by atoms with Crippen LogP contribution in [0.1, 0.15) is 104 Å². The van der Waals surface area contributed by atoms with Crippen molar-refractivity contribution in [3.8, 4) is 0 Å². The van der Waals surface area contributed by atoms with Crippen LogP contribution >= 0.6 is 0 Å². The number of carbonyl (C=O) groups is 5. The van der Waals surface area contributed by atoms with E-state index in [-0.39, 0.29) is 71.6 Å². The summed E-state index contributed by atoms with van der Waals surface area (Å²) in [5, 5.41) is 14.6. The number of nitrogen functional groups attached to an aromatic ring is 1. The highest BCUT2D eigenvalue weighted by Crippen LogP contribution is 2.40. The van der Waals surface area contributed by atoms with Crippen LogP contribution in [-0.4, -0.2) is 138 Å². The molecule has 2 saturated heterocycles. The molecule has 0 spiro atoms. The Kier molecular flexibility index (Phi) is 20.4. The highest BCUT2D eigenvalue weighted by Gasteiger charge is 2.47. The fraction of sp³-hybridized carbons (Fsp3) is 0.386. The van der Waals surface area contributed by atoms with Crippen molar-refractivity contribution in [2.75, 3.05) is 84.1 Å². The summed E-state index contributed by atoms with van der Waals surface area (Å²) in [5.74, 6) is -5.31. The van der Waals surface area contributed by atoms with E-state index >= 15 is 0 Å². The number of carbonyl (C=O) groups excluding carboxylic acids is 5. The van der Waals surface area contributed by atoms with Crippen LogP contribution in [-0.2, 0) is 36.7 Å². The molecule has 5 amide bonds. The minimum Gasteiger partial charge on any atom is -0.444 e. The van der Waals surface area contributed by atoms with Gasteiger partial charge in [-0.3, -0.25) is 24.9 Å². The molecule has 7 N–H and O–H groups in total. The number of piperidine rings is 2. The number of nitrogens with zero attached hydrogens (tertiary/aromatic N) is 6. The Morgan fingerprint density at radius 1 is 0.571 bits per heavy atom. The van der Waals surface area contributed by atoms with Gasteiger partial charge in [-0.1, -0.05) is 60.7 Å². The first-order valence-electron chi connectivity index (χ1n) is 31.9. The predicted molar refractivity (Wildman–Crippen MR) is 356 cm³/mol. The van der Waals surface area contributed by atoms with E-state index in [1.54, 1.807) is 83.1 Å². The normalized spacial score (nSPS) is 18.6. The Morgan fingerprint density at radius 2 is 1.06 bits per heavy atom. The molecule has 4 unspecified atom stereocenters. The summed E-state index contributed by atoms with van der Waals surface area (Å²) in [7, 11) is 0. The monoisotopic (exact) mass is 1360 g/mol. The van der Waals surface area contributed by atoms with Crippen molar-refractivity contribution in [1.29, 1.82) is 0 Å². The van der Waals surface area contributed by atoms with Gasteiger partial charge in [-0.25, -0.2) is 24.4 Å². The molecule has 0 saturated carbocycles. The Bertz CT molecular complexity index is 4220. The van der Waals surface area contributed by atoms with Gasteiger partial charge in [-0.15, -0.1) is 0 Å². The van der Waals surface area contributed by atoms with Crippen molar-refractivity contribution >= 4 is 97.2 Å². The number of pyridine rings is 4. The van der Waals surface area contributed by atoms with Crippen molar-refractivity contribution in [3.05, 3.63) is 156 Å². The standard InChI is InChI=1S/C70H74F6N12O10/c1-67(2,3)97-65(92)80-50-30-48(69(71,72)73)35-87(37-50)59-15-21-79-34-57(59)85-63(90)61-55(29-47-13-11-45(28-54(47)83-61)43-18-24-95-25-19-43)86-64(91)96-39-41-8-6-40(7-9-41)32-68(4,5)98-66(93)81-51-31-49(70(74,75)76)36-88(38-51)58-14-20-78-33-56(58)84-62(89)60-52(77)26-46-12-10-44(27-53(46)82-60)42-16-22-94-23-17-42/h6-16,18,20-21,26-29,33-34,48-51H,17,19,22-25,30-32,35-39,77H2,1-5H3,(H,80,92)(H,81,93)(H,84,89)(H,85,90)(H,86,91). The topological polar surface area (TPSA) is 276 Å². The maximum atomic E-state index is 14.7. The minimum atomic E-state index is -4.66. The lowest BCUT2D eigenvalue weighted by molar-refractivity contribution is -0.178. The molecule has 4 aliphatic rings. The van der Waals surface area contributed by atoms with Crippen LogP contribution in [0.25, 0.3) is 33.0 Å². The average Bonchev–Trinajstić information content (AvgIpc) is 0.799. The molecule has 4 aromatic heterocycles. The number of nitrogens with two attached hydrogens (primary N) is 1. The number of ether oxygens (including phenoxy) is 5. The van der Waals surface area contributed by atoms with Crippen LogP contribution in [0.15, 0.2) is 122 Å². The summed E-state index contributed by atoms with van der Waals surface area (Å²) in [6.07, 6.45) is -2.21. The third-order valence-corrected chi connectivity index (χ3v) is 17.0. The number of fused-ring (bicyclic) bond motifs is 2. The van der Waals surface area contributed by atoms with Gasteiger partial charge in [0.25, 0.3) is 11.8 Å². The number of hydrogen-bond donors (Lipinski definition) is 6. The molecule has 516 valence electrons. The first-order valence-corrected chi connectivity index (χ1v) is 31.9. The number of anilines is 6. The zero-order valence-corrected chi connectivity index (χ0v) is 54.4. The summed E-state index contributed by atoms with van der Waals surface area (Å²) in [6.45, 7) is 8.75. The van der Waals surface area contributed by atoms with E-state index in [4.69, 9.17) is 34.4 Å². The molecule has 2 fully saturated rings. The van der Waals surface area contributed by atoms with Crippen molar-refractivity contribution in [2.45, 2.75) is 109 Å². The van der Waals surface area contributed by atoms with Gasteiger partial charge in [0.1, 0.15) is 17.8 Å². The Morgan fingerprint density at radius 3 is 1.56 bits per heavy atom. The molecule has 3 aromatic carbocycles. The highest BCUT2D eigenvalue weighted by atomic mass is 19.4. The first kappa shape index (κ1) is 69.3. The SMILES string of the molecule is CC(C)(C)OC(=O)NC1CC(C(F)(F)F)CN(c2ccncc2NC(=O)c2nc3cc(C4=CCOCC4)ccc3cc2NC(=O)OCc2ccc(CC(C)(C)OC(=O)NC3CC(C(F)(F)F)CN(c4ccncc4NC(=O)c4nc5cc(C6=CCOCC6)ccc5cc4N)C3)cc2)C1. The molecule has 22 nitrogen and oxygen atoms in total. The maximum absolute atomic E-state index is 14.7. The Hall–Kier alpha value is -10.1. The molecular weight excluding hydrogens is 1280 g/mol. The third-order valence-electron chi connectivity index (χ3n) is 17.0. The molecule has 7 aromatic rings. The molecular formula is C70H74F6N12O10. The highest BCUT2D eigenvalue weighted by molar-refractivity contribution is 6.11. The van der Waals surface area contributed by atoms with Gasteiger partial charge < -0.3 is 60.5 Å². The van der Waals surface area contributed by atoms with Crippen molar-refractivity contribution in [3.63, 3.8) is 0 Å². The summed E-state index contributed by atoms with van der Waals surface area (Å²) in [4.78, 5) is 89.1. The van der Waals surface area contributed by atoms with Crippen molar-refractivity contribution in [1.82, 2.24) is 30.6 Å². The van der Waals surface area contributed by atoms with Gasteiger partial charge in [0, 0.05) is 55.8 Å². The summed E-state index contributed by atoms with van der Waals surface area (Å²) in [6, 6.07) is 22.0. The van der Waals surface area contributed by atoms with Gasteiger partial charge in [0.15, 0.2) is 11.4 Å². The van der Waals surface area contributed by atoms with Gasteiger partial charge in [0.05, 0.1) is 108 Å². The van der Waals surface area contributed by atoms with Gasteiger partial charge in [-0.05, 0) is 130 Å². The summed E-state index contributed by atoms with van der Waals surface area (Å²) >= 11 is 0. The smallest absolute Gasteiger partial charge is 0.412 e. The number of hydrogen-bond acceptors (Lipinski definition) is 17. The van der Waals surface area contributed by atoms with Crippen LogP contribution in [0, 0.1) is 11.8 Å². The zero-order valence-electron chi connectivity index (χ0n) is 54.4. The first-order chi connectivity index (χ1) is 46.6. The number of rotatable bonds is 16. The van der Waals surface area contributed by atoms with Crippen LogP contribution in [0.2, 0.25) is 0 Å². The number of benzene rings is 3. The summed E-state index contributed by atoms with van der Waals surface area (Å²) < 4.78 is 115. The second-order valence-corrected chi connectivity index (χ2v) is 26.2. The van der Waals surface area contributed by atoms with E-state index in [1.165, 1.54) is 46.7 Å². The van der Waals surface area contributed by atoms with Crippen molar-refractivity contribution < 1.29 is 74.0 Å². The molecule has 0 bridgehead atoms. The van der Waals surface area contributed by atoms with Gasteiger partial charge in [-0.2, -0.15) is 26.3 Å². The molecule has 11 rings (SSSR count). The number of nitrogens with one attached hydrogen (secondary N) is 5. The molecule has 28 heteroatoms. The fourth-order valence-electron chi connectivity index (χ4n) is 12.4. The number of halogens is 6. The Balaban J connectivity index is 0.729. The van der Waals surface area contributed by atoms with E-state index in [0.29, 0.717) is 72.2 Å². The van der Waals surface area contributed by atoms with E-state index in [2.05, 4.69) is 41.5 Å². The molecule has 8 heterocycles. The number of alkyl halides is 6. The van der Waals surface area contributed by atoms with Crippen LogP contribution in [0.3, 0.4) is 0 Å². The largest absolute Gasteiger partial charge is 0.444 e. The molecule has 98 heavy (non-hydrogen) atoms. The van der Waals surface area contributed by atoms with E-state index in [9.17, 15) is 50.3 Å². The lowest BCUT2D eigenvalue weighted by Crippen LogP contribution is -2.54. The molecule has 4 aliphatic heterocycles. The van der Waals surface area contributed by atoms with Crippen LogP contribution in [0.4, 0.5) is 74.9 Å². The number of aromatic nitrogens is 4.